The van der Waals surface area contributed by atoms with Crippen LogP contribution in [0, 0.1) is 13.8 Å². The Morgan fingerprint density at radius 1 is 1.05 bits per heavy atom. The topological polar surface area (TPSA) is 45.1 Å². The predicted octanol–water partition coefficient (Wildman–Crippen LogP) is 3.08. The zero-order valence-electron chi connectivity index (χ0n) is 12.3. The van der Waals surface area contributed by atoms with Crippen molar-refractivity contribution in [2.45, 2.75) is 32.9 Å². The summed E-state index contributed by atoms with van der Waals surface area (Å²) in [7, 11) is 0. The molecule has 3 nitrogen and oxygen atoms in total. The van der Waals surface area contributed by atoms with Gasteiger partial charge in [-0.05, 0) is 44.0 Å². The highest BCUT2D eigenvalue weighted by molar-refractivity contribution is 5.30. The number of aryl methyl sites for hydroxylation is 2. The van der Waals surface area contributed by atoms with E-state index < -0.39 is 6.10 Å². The third-order valence-corrected chi connectivity index (χ3v) is 3.45. The van der Waals surface area contributed by atoms with E-state index in [1.807, 2.05) is 12.1 Å². The molecule has 20 heavy (non-hydrogen) atoms. The molecule has 0 amide bonds. The van der Waals surface area contributed by atoms with Gasteiger partial charge in [-0.2, -0.15) is 0 Å². The Labute approximate surface area is 120 Å². The van der Waals surface area contributed by atoms with Crippen LogP contribution < -0.4 is 5.32 Å². The van der Waals surface area contributed by atoms with E-state index in [1.165, 1.54) is 16.7 Å². The standard InChI is InChI=1S/C17H22N2O/c1-12-8-13(2)10-16(9-12)14(3)19-11-17(20)15-4-6-18-7-5-15/h4-10,14,17,19-20H,11H2,1-3H3. The maximum atomic E-state index is 10.1. The normalized spacial score (nSPS) is 14.0. The summed E-state index contributed by atoms with van der Waals surface area (Å²) in [6.45, 7) is 6.86. The van der Waals surface area contributed by atoms with Gasteiger partial charge in [0.1, 0.15) is 0 Å². The van der Waals surface area contributed by atoms with Crippen molar-refractivity contribution in [2.75, 3.05) is 6.54 Å². The van der Waals surface area contributed by atoms with Gasteiger partial charge in [-0.1, -0.05) is 29.3 Å². The van der Waals surface area contributed by atoms with E-state index in [-0.39, 0.29) is 6.04 Å². The van der Waals surface area contributed by atoms with Crippen LogP contribution in [-0.2, 0) is 0 Å². The smallest absolute Gasteiger partial charge is 0.0915 e. The molecule has 0 saturated heterocycles. The van der Waals surface area contributed by atoms with E-state index in [1.54, 1.807) is 12.4 Å². The number of hydrogen-bond donors (Lipinski definition) is 2. The zero-order chi connectivity index (χ0) is 14.5. The van der Waals surface area contributed by atoms with Crippen LogP contribution in [0.1, 0.15) is 41.3 Å². The summed E-state index contributed by atoms with van der Waals surface area (Å²) < 4.78 is 0. The number of nitrogens with one attached hydrogen (secondary N) is 1. The fraction of sp³-hybridized carbons (Fsp3) is 0.353. The lowest BCUT2D eigenvalue weighted by Gasteiger charge is -2.18. The SMILES string of the molecule is Cc1cc(C)cc(C(C)NCC(O)c2ccncc2)c1. The van der Waals surface area contributed by atoms with Crippen LogP contribution in [0.3, 0.4) is 0 Å². The quantitative estimate of drug-likeness (QED) is 0.877. The first-order valence-corrected chi connectivity index (χ1v) is 6.96. The first-order valence-electron chi connectivity index (χ1n) is 6.96. The summed E-state index contributed by atoms with van der Waals surface area (Å²) in [5.41, 5.74) is 4.68. The average Bonchev–Trinajstić information content (AvgIpc) is 2.44. The molecule has 0 saturated carbocycles. The molecule has 0 radical (unpaired) electrons. The molecule has 2 atom stereocenters. The second-order valence-electron chi connectivity index (χ2n) is 5.35. The molecule has 0 bridgehead atoms. The second kappa shape index (κ2) is 6.64. The fourth-order valence-corrected chi connectivity index (χ4v) is 2.37. The summed E-state index contributed by atoms with van der Waals surface area (Å²) in [5.74, 6) is 0. The average molecular weight is 270 g/mol. The van der Waals surface area contributed by atoms with Gasteiger partial charge in [0.05, 0.1) is 6.10 Å². The van der Waals surface area contributed by atoms with Gasteiger partial charge >= 0.3 is 0 Å². The van der Waals surface area contributed by atoms with Crippen LogP contribution in [0.25, 0.3) is 0 Å². The Morgan fingerprint density at radius 3 is 2.25 bits per heavy atom. The Balaban J connectivity index is 1.96. The molecule has 2 unspecified atom stereocenters. The van der Waals surface area contributed by atoms with Crippen LogP contribution in [0.5, 0.6) is 0 Å². The summed E-state index contributed by atoms with van der Waals surface area (Å²) in [6, 6.07) is 10.4. The maximum absolute atomic E-state index is 10.1. The van der Waals surface area contributed by atoms with Crippen molar-refractivity contribution in [1.29, 1.82) is 0 Å². The molecule has 106 valence electrons. The molecule has 2 aromatic rings. The number of nitrogens with zero attached hydrogens (tertiary/aromatic N) is 1. The lowest BCUT2D eigenvalue weighted by atomic mass is 10.0. The molecular formula is C17H22N2O. The Bertz CT molecular complexity index is 534. The van der Waals surface area contributed by atoms with E-state index in [4.69, 9.17) is 0 Å². The number of aromatic nitrogens is 1. The van der Waals surface area contributed by atoms with Gasteiger partial charge in [-0.15, -0.1) is 0 Å². The molecule has 0 aliphatic heterocycles. The number of rotatable bonds is 5. The largest absolute Gasteiger partial charge is 0.387 e. The Hall–Kier alpha value is -1.71. The number of benzene rings is 1. The van der Waals surface area contributed by atoms with Crippen molar-refractivity contribution >= 4 is 0 Å². The zero-order valence-corrected chi connectivity index (χ0v) is 12.3. The van der Waals surface area contributed by atoms with Gasteiger partial charge in [0, 0.05) is 25.0 Å². The van der Waals surface area contributed by atoms with Crippen molar-refractivity contribution in [2.24, 2.45) is 0 Å². The first-order chi connectivity index (χ1) is 9.56. The molecule has 0 aliphatic carbocycles. The molecule has 0 spiro atoms. The number of aliphatic hydroxyl groups is 1. The molecule has 1 heterocycles. The monoisotopic (exact) mass is 270 g/mol. The van der Waals surface area contributed by atoms with E-state index in [0.29, 0.717) is 6.54 Å². The summed E-state index contributed by atoms with van der Waals surface area (Å²) >= 11 is 0. The molecular weight excluding hydrogens is 248 g/mol. The van der Waals surface area contributed by atoms with Crippen LogP contribution >= 0.6 is 0 Å². The van der Waals surface area contributed by atoms with E-state index >= 15 is 0 Å². The van der Waals surface area contributed by atoms with E-state index in [2.05, 4.69) is 49.3 Å². The highest BCUT2D eigenvalue weighted by Crippen LogP contribution is 2.18. The molecule has 2 N–H and O–H groups in total. The number of pyridine rings is 1. The highest BCUT2D eigenvalue weighted by atomic mass is 16.3. The van der Waals surface area contributed by atoms with Crippen molar-refractivity contribution in [3.05, 3.63) is 65.0 Å². The van der Waals surface area contributed by atoms with Crippen LogP contribution in [-0.4, -0.2) is 16.6 Å². The lowest BCUT2D eigenvalue weighted by Crippen LogP contribution is -2.24. The van der Waals surface area contributed by atoms with Crippen molar-refractivity contribution < 1.29 is 5.11 Å². The predicted molar refractivity (Wildman–Crippen MR) is 81.5 cm³/mol. The minimum Gasteiger partial charge on any atom is -0.387 e. The van der Waals surface area contributed by atoms with Gasteiger partial charge in [0.2, 0.25) is 0 Å². The summed E-state index contributed by atoms with van der Waals surface area (Å²) in [6.07, 6.45) is 2.89. The van der Waals surface area contributed by atoms with Gasteiger partial charge in [-0.3, -0.25) is 4.98 Å². The van der Waals surface area contributed by atoms with Crippen LogP contribution in [0.2, 0.25) is 0 Å². The molecule has 0 fully saturated rings. The summed E-state index contributed by atoms with van der Waals surface area (Å²) in [4.78, 5) is 3.96. The van der Waals surface area contributed by atoms with Crippen molar-refractivity contribution in [1.82, 2.24) is 10.3 Å². The van der Waals surface area contributed by atoms with Gasteiger partial charge < -0.3 is 10.4 Å². The number of aliphatic hydroxyl groups excluding tert-OH is 1. The Kier molecular flexibility index (Phi) is 4.88. The highest BCUT2D eigenvalue weighted by Gasteiger charge is 2.11. The number of hydrogen-bond acceptors (Lipinski definition) is 3. The molecule has 0 aliphatic rings. The van der Waals surface area contributed by atoms with E-state index in [9.17, 15) is 5.11 Å². The first kappa shape index (κ1) is 14.7. The maximum Gasteiger partial charge on any atom is 0.0915 e. The molecule has 1 aromatic carbocycles. The Morgan fingerprint density at radius 2 is 1.65 bits per heavy atom. The molecule has 2 rings (SSSR count). The molecule has 3 heteroatoms. The summed E-state index contributed by atoms with van der Waals surface area (Å²) in [5, 5.41) is 13.5. The van der Waals surface area contributed by atoms with Crippen molar-refractivity contribution in [3.63, 3.8) is 0 Å². The third kappa shape index (κ3) is 3.89. The van der Waals surface area contributed by atoms with Gasteiger partial charge in [0.25, 0.3) is 0 Å². The van der Waals surface area contributed by atoms with Crippen molar-refractivity contribution in [3.8, 4) is 0 Å². The third-order valence-electron chi connectivity index (χ3n) is 3.45. The van der Waals surface area contributed by atoms with Gasteiger partial charge in [-0.25, -0.2) is 0 Å². The minimum absolute atomic E-state index is 0.213. The van der Waals surface area contributed by atoms with Crippen LogP contribution in [0.15, 0.2) is 42.7 Å². The van der Waals surface area contributed by atoms with Gasteiger partial charge in [0.15, 0.2) is 0 Å². The van der Waals surface area contributed by atoms with Crippen LogP contribution in [0.4, 0.5) is 0 Å². The molecule has 1 aromatic heterocycles. The van der Waals surface area contributed by atoms with E-state index in [0.717, 1.165) is 5.56 Å². The lowest BCUT2D eigenvalue weighted by molar-refractivity contribution is 0.170. The fourth-order valence-electron chi connectivity index (χ4n) is 2.37. The second-order valence-corrected chi connectivity index (χ2v) is 5.35. The minimum atomic E-state index is -0.508.